The Morgan fingerprint density at radius 2 is 2.32 bits per heavy atom. The van der Waals surface area contributed by atoms with Gasteiger partial charge in [-0.1, -0.05) is 6.07 Å². The lowest BCUT2D eigenvalue weighted by Crippen LogP contribution is -2.43. The number of nitrogens with one attached hydrogen (secondary N) is 1. The number of hydrogen-bond acceptors (Lipinski definition) is 3. The minimum Gasteiger partial charge on any atom is -0.376 e. The molecule has 0 spiro atoms. The quantitative estimate of drug-likeness (QED) is 0.874. The van der Waals surface area contributed by atoms with Gasteiger partial charge in [-0.3, -0.25) is 0 Å². The van der Waals surface area contributed by atoms with Crippen molar-refractivity contribution in [3.8, 4) is 6.07 Å². The van der Waals surface area contributed by atoms with Crippen LogP contribution in [0.1, 0.15) is 24.8 Å². The summed E-state index contributed by atoms with van der Waals surface area (Å²) in [4.78, 5) is 3.14. The molecule has 1 heterocycles. The summed E-state index contributed by atoms with van der Waals surface area (Å²) in [7, 11) is 1.76. The average Bonchev–Trinajstić information content (AvgIpc) is 2.69. The Kier molecular flexibility index (Phi) is 2.92. The molecule has 0 bridgehead atoms. The van der Waals surface area contributed by atoms with Crippen LogP contribution in [0.2, 0.25) is 0 Å². The largest absolute Gasteiger partial charge is 0.376 e. The minimum atomic E-state index is -0.0873. The summed E-state index contributed by atoms with van der Waals surface area (Å²) in [6.07, 6.45) is 3.33. The SMILES string of the molecule is COC1(Cn2c(=S)[nH]c3c(C#N)cccc32)CCC1. The smallest absolute Gasteiger partial charge is 0.178 e. The third kappa shape index (κ3) is 1.88. The van der Waals surface area contributed by atoms with E-state index < -0.39 is 0 Å². The van der Waals surface area contributed by atoms with Gasteiger partial charge in [0.2, 0.25) is 0 Å². The van der Waals surface area contributed by atoms with Crippen LogP contribution in [0.25, 0.3) is 11.0 Å². The fourth-order valence-corrected chi connectivity index (χ4v) is 2.98. The maximum atomic E-state index is 9.13. The second-order valence-electron chi connectivity index (χ2n) is 5.07. The number of nitriles is 1. The van der Waals surface area contributed by atoms with Gasteiger partial charge in [0, 0.05) is 7.11 Å². The van der Waals surface area contributed by atoms with Gasteiger partial charge in [0.15, 0.2) is 4.77 Å². The van der Waals surface area contributed by atoms with Crippen molar-refractivity contribution in [3.63, 3.8) is 0 Å². The molecule has 1 saturated carbocycles. The van der Waals surface area contributed by atoms with Crippen molar-refractivity contribution in [3.05, 3.63) is 28.5 Å². The highest BCUT2D eigenvalue weighted by Crippen LogP contribution is 2.37. The maximum absolute atomic E-state index is 9.13. The average molecular weight is 273 g/mol. The van der Waals surface area contributed by atoms with Crippen molar-refractivity contribution < 1.29 is 4.74 Å². The summed E-state index contributed by atoms with van der Waals surface area (Å²) in [5.74, 6) is 0. The number of rotatable bonds is 3. The highest BCUT2D eigenvalue weighted by molar-refractivity contribution is 7.71. The van der Waals surface area contributed by atoms with Crippen molar-refractivity contribution >= 4 is 23.3 Å². The minimum absolute atomic E-state index is 0.0873. The lowest BCUT2D eigenvalue weighted by molar-refractivity contribution is -0.0830. The molecule has 1 aromatic carbocycles. The first-order chi connectivity index (χ1) is 9.19. The molecule has 19 heavy (non-hydrogen) atoms. The Hall–Kier alpha value is -1.64. The van der Waals surface area contributed by atoms with Gasteiger partial charge in [0.25, 0.3) is 0 Å². The molecule has 2 aromatic rings. The summed E-state index contributed by atoms with van der Waals surface area (Å²) < 4.78 is 8.37. The van der Waals surface area contributed by atoms with Gasteiger partial charge in [-0.25, -0.2) is 0 Å². The van der Waals surface area contributed by atoms with E-state index in [0.717, 1.165) is 30.4 Å². The van der Waals surface area contributed by atoms with Crippen molar-refractivity contribution in [2.75, 3.05) is 7.11 Å². The van der Waals surface area contributed by atoms with Crippen molar-refractivity contribution in [1.82, 2.24) is 9.55 Å². The van der Waals surface area contributed by atoms with Gasteiger partial charge in [-0.2, -0.15) is 5.26 Å². The molecule has 1 fully saturated rings. The van der Waals surface area contributed by atoms with E-state index in [-0.39, 0.29) is 5.60 Å². The number of ether oxygens (including phenoxy) is 1. The first-order valence-electron chi connectivity index (χ1n) is 6.36. The number of aromatic amines is 1. The number of nitrogens with zero attached hydrogens (tertiary/aromatic N) is 2. The van der Waals surface area contributed by atoms with E-state index in [1.165, 1.54) is 6.42 Å². The molecule has 0 unspecified atom stereocenters. The number of imidazole rings is 1. The van der Waals surface area contributed by atoms with E-state index >= 15 is 0 Å². The molecule has 98 valence electrons. The number of methoxy groups -OCH3 is 1. The van der Waals surface area contributed by atoms with Gasteiger partial charge < -0.3 is 14.3 Å². The van der Waals surface area contributed by atoms with Crippen LogP contribution in [-0.4, -0.2) is 22.3 Å². The summed E-state index contributed by atoms with van der Waals surface area (Å²) in [5.41, 5.74) is 2.34. The van der Waals surface area contributed by atoms with Gasteiger partial charge in [0.1, 0.15) is 6.07 Å². The standard InChI is InChI=1S/C14H15N3OS/c1-18-14(6-3-7-14)9-17-11-5-2-4-10(8-15)12(11)16-13(17)19/h2,4-5H,3,6-7,9H2,1H3,(H,16,19). The first-order valence-corrected chi connectivity index (χ1v) is 6.77. The Morgan fingerprint density at radius 3 is 2.89 bits per heavy atom. The van der Waals surface area contributed by atoms with Crippen LogP contribution in [0.5, 0.6) is 0 Å². The molecular weight excluding hydrogens is 258 g/mol. The maximum Gasteiger partial charge on any atom is 0.178 e. The van der Waals surface area contributed by atoms with Crippen LogP contribution in [0.3, 0.4) is 0 Å². The fraction of sp³-hybridized carbons (Fsp3) is 0.429. The molecule has 4 nitrogen and oxygen atoms in total. The molecule has 0 radical (unpaired) electrons. The summed E-state index contributed by atoms with van der Waals surface area (Å²) in [6, 6.07) is 7.87. The molecule has 1 N–H and O–H groups in total. The van der Waals surface area contributed by atoms with Crippen LogP contribution < -0.4 is 0 Å². The van der Waals surface area contributed by atoms with E-state index in [1.54, 1.807) is 13.2 Å². The van der Waals surface area contributed by atoms with Gasteiger partial charge in [-0.15, -0.1) is 0 Å². The van der Waals surface area contributed by atoms with E-state index in [1.807, 2.05) is 16.7 Å². The third-order valence-electron chi connectivity index (χ3n) is 4.07. The topological polar surface area (TPSA) is 53.7 Å². The van der Waals surface area contributed by atoms with Gasteiger partial charge in [-0.05, 0) is 43.6 Å². The molecule has 1 aliphatic rings. The number of aromatic nitrogens is 2. The molecule has 0 atom stereocenters. The fourth-order valence-electron chi connectivity index (χ4n) is 2.72. The van der Waals surface area contributed by atoms with E-state index in [9.17, 15) is 0 Å². The third-order valence-corrected chi connectivity index (χ3v) is 4.40. The summed E-state index contributed by atoms with van der Waals surface area (Å²) in [6.45, 7) is 0.747. The number of para-hydroxylation sites is 1. The van der Waals surface area contributed by atoms with Crippen LogP contribution >= 0.6 is 12.2 Å². The second-order valence-corrected chi connectivity index (χ2v) is 5.46. The Morgan fingerprint density at radius 1 is 1.53 bits per heavy atom. The number of H-pyrrole nitrogens is 1. The number of hydrogen-bond donors (Lipinski definition) is 1. The predicted octanol–water partition coefficient (Wildman–Crippen LogP) is 3.14. The van der Waals surface area contributed by atoms with Crippen LogP contribution in [0.4, 0.5) is 0 Å². The Bertz CT molecular complexity index is 713. The lowest BCUT2D eigenvalue weighted by atomic mass is 9.80. The molecule has 5 heteroatoms. The van der Waals surface area contributed by atoms with Crippen molar-refractivity contribution in [1.29, 1.82) is 5.26 Å². The highest BCUT2D eigenvalue weighted by Gasteiger charge is 2.37. The zero-order chi connectivity index (χ0) is 13.5. The second kappa shape index (κ2) is 4.48. The van der Waals surface area contributed by atoms with E-state index in [2.05, 4.69) is 11.1 Å². The number of fused-ring (bicyclic) bond motifs is 1. The molecule has 1 aromatic heterocycles. The molecule has 0 aliphatic heterocycles. The predicted molar refractivity (Wildman–Crippen MR) is 75.4 cm³/mol. The van der Waals surface area contributed by atoms with E-state index in [0.29, 0.717) is 10.3 Å². The summed E-state index contributed by atoms with van der Waals surface area (Å²) >= 11 is 5.39. The monoisotopic (exact) mass is 273 g/mol. The van der Waals surface area contributed by atoms with E-state index in [4.69, 9.17) is 22.2 Å². The number of benzene rings is 1. The van der Waals surface area contributed by atoms with Gasteiger partial charge >= 0.3 is 0 Å². The first kappa shape index (κ1) is 12.4. The molecule has 0 saturated heterocycles. The zero-order valence-corrected chi connectivity index (χ0v) is 11.6. The molecule has 3 rings (SSSR count). The van der Waals surface area contributed by atoms with Crippen molar-refractivity contribution in [2.24, 2.45) is 0 Å². The summed E-state index contributed by atoms with van der Waals surface area (Å²) in [5, 5.41) is 9.13. The molecular formula is C14H15N3OS. The van der Waals surface area contributed by atoms with Crippen molar-refractivity contribution in [2.45, 2.75) is 31.4 Å². The van der Waals surface area contributed by atoms with Gasteiger partial charge in [0.05, 0.1) is 28.7 Å². The Labute approximate surface area is 116 Å². The highest BCUT2D eigenvalue weighted by atomic mass is 32.1. The molecule has 0 amide bonds. The van der Waals surface area contributed by atoms with Crippen LogP contribution in [0, 0.1) is 16.1 Å². The van der Waals surface area contributed by atoms with Crippen LogP contribution in [0.15, 0.2) is 18.2 Å². The Balaban J connectivity index is 2.12. The lowest BCUT2D eigenvalue weighted by Gasteiger charge is -2.40. The zero-order valence-electron chi connectivity index (χ0n) is 10.8. The van der Waals surface area contributed by atoms with Crippen LogP contribution in [-0.2, 0) is 11.3 Å². The molecule has 1 aliphatic carbocycles. The normalized spacial score (nSPS) is 17.1.